The van der Waals surface area contributed by atoms with Crippen molar-refractivity contribution in [1.29, 1.82) is 0 Å². The van der Waals surface area contributed by atoms with E-state index in [0.29, 0.717) is 5.92 Å². The van der Waals surface area contributed by atoms with Crippen molar-refractivity contribution in [1.82, 2.24) is 0 Å². The summed E-state index contributed by atoms with van der Waals surface area (Å²) in [6.07, 6.45) is 1.12. The van der Waals surface area contributed by atoms with Crippen LogP contribution < -0.4 is 4.74 Å². The van der Waals surface area contributed by atoms with E-state index in [1.807, 2.05) is 0 Å². The molecular formula is C13H18O3. The molecule has 0 spiro atoms. The Labute approximate surface area is 96.1 Å². The first-order valence-electron chi connectivity index (χ1n) is 5.54. The lowest BCUT2D eigenvalue weighted by molar-refractivity contribution is 0.0696. The summed E-state index contributed by atoms with van der Waals surface area (Å²) in [5.41, 5.74) is 0.282. The fourth-order valence-corrected chi connectivity index (χ4v) is 1.54. The van der Waals surface area contributed by atoms with Crippen LogP contribution in [0.5, 0.6) is 5.75 Å². The van der Waals surface area contributed by atoms with Crippen molar-refractivity contribution in [2.45, 2.75) is 33.3 Å². The monoisotopic (exact) mass is 222 g/mol. The molecule has 0 amide bonds. The van der Waals surface area contributed by atoms with Gasteiger partial charge in [-0.2, -0.15) is 0 Å². The molecule has 1 aromatic rings. The Balaban J connectivity index is 2.71. The molecule has 1 N–H and O–H groups in total. The lowest BCUT2D eigenvalue weighted by atomic mass is 10.1. The van der Waals surface area contributed by atoms with Gasteiger partial charge in [0.05, 0.1) is 5.56 Å². The van der Waals surface area contributed by atoms with Gasteiger partial charge in [0.25, 0.3) is 0 Å². The molecule has 88 valence electrons. The summed E-state index contributed by atoms with van der Waals surface area (Å²) in [6.45, 7) is 6.30. The van der Waals surface area contributed by atoms with Crippen molar-refractivity contribution >= 4 is 5.97 Å². The fraction of sp³-hybridized carbons (Fsp3) is 0.462. The van der Waals surface area contributed by atoms with E-state index >= 15 is 0 Å². The van der Waals surface area contributed by atoms with Gasteiger partial charge in [-0.25, -0.2) is 4.79 Å². The maximum Gasteiger partial charge on any atom is 0.335 e. The number of hydrogen-bond acceptors (Lipinski definition) is 2. The molecule has 0 aliphatic carbocycles. The fourth-order valence-electron chi connectivity index (χ4n) is 1.54. The Bertz CT molecular complexity index is 341. The standard InChI is InChI=1S/C13H18O3/c1-4-12(9(2)3)16-11-7-5-10(6-8-11)13(14)15/h5-9,12H,4H2,1-3H3,(H,14,15). The lowest BCUT2D eigenvalue weighted by Crippen LogP contribution is -2.21. The van der Waals surface area contributed by atoms with E-state index in [4.69, 9.17) is 9.84 Å². The SMILES string of the molecule is CCC(Oc1ccc(C(=O)O)cc1)C(C)C. The summed E-state index contributed by atoms with van der Waals surface area (Å²) < 4.78 is 5.77. The molecule has 3 heteroatoms. The van der Waals surface area contributed by atoms with Gasteiger partial charge in [0.1, 0.15) is 11.9 Å². The van der Waals surface area contributed by atoms with Crippen LogP contribution in [-0.4, -0.2) is 17.2 Å². The van der Waals surface area contributed by atoms with Crippen molar-refractivity contribution in [2.75, 3.05) is 0 Å². The highest BCUT2D eigenvalue weighted by molar-refractivity contribution is 5.87. The predicted octanol–water partition coefficient (Wildman–Crippen LogP) is 3.20. The third-order valence-electron chi connectivity index (χ3n) is 2.53. The zero-order valence-electron chi connectivity index (χ0n) is 9.93. The summed E-state index contributed by atoms with van der Waals surface area (Å²) in [7, 11) is 0. The Morgan fingerprint density at radius 3 is 2.25 bits per heavy atom. The first kappa shape index (κ1) is 12.6. The maximum absolute atomic E-state index is 10.7. The van der Waals surface area contributed by atoms with E-state index in [1.54, 1.807) is 24.3 Å². The summed E-state index contributed by atoms with van der Waals surface area (Å²) in [5.74, 6) is 0.261. The van der Waals surface area contributed by atoms with Crippen molar-refractivity contribution in [3.8, 4) is 5.75 Å². The van der Waals surface area contributed by atoms with Crippen LogP contribution in [-0.2, 0) is 0 Å². The number of aromatic carboxylic acids is 1. The zero-order valence-corrected chi connectivity index (χ0v) is 9.93. The molecule has 0 heterocycles. The van der Waals surface area contributed by atoms with Gasteiger partial charge in [0.2, 0.25) is 0 Å². The van der Waals surface area contributed by atoms with E-state index in [-0.39, 0.29) is 11.7 Å². The minimum Gasteiger partial charge on any atom is -0.490 e. The van der Waals surface area contributed by atoms with Crippen molar-refractivity contribution in [3.63, 3.8) is 0 Å². The van der Waals surface area contributed by atoms with Crippen molar-refractivity contribution in [3.05, 3.63) is 29.8 Å². The molecule has 0 aliphatic rings. The molecule has 0 bridgehead atoms. The number of carboxylic acids is 1. The average molecular weight is 222 g/mol. The van der Waals surface area contributed by atoms with Gasteiger partial charge >= 0.3 is 5.97 Å². The molecule has 0 aromatic heterocycles. The summed E-state index contributed by atoms with van der Waals surface area (Å²) >= 11 is 0. The van der Waals surface area contributed by atoms with Crippen molar-refractivity contribution < 1.29 is 14.6 Å². The highest BCUT2D eigenvalue weighted by Gasteiger charge is 2.12. The van der Waals surface area contributed by atoms with Gasteiger partial charge in [0.15, 0.2) is 0 Å². The third-order valence-corrected chi connectivity index (χ3v) is 2.53. The van der Waals surface area contributed by atoms with Crippen molar-refractivity contribution in [2.24, 2.45) is 5.92 Å². The van der Waals surface area contributed by atoms with Gasteiger partial charge in [-0.3, -0.25) is 0 Å². The van der Waals surface area contributed by atoms with Gasteiger partial charge in [-0.05, 0) is 36.6 Å². The number of rotatable bonds is 5. The maximum atomic E-state index is 10.7. The van der Waals surface area contributed by atoms with E-state index in [9.17, 15) is 4.79 Å². The molecule has 0 radical (unpaired) electrons. The van der Waals surface area contributed by atoms with Gasteiger partial charge in [-0.15, -0.1) is 0 Å². The Morgan fingerprint density at radius 2 is 1.88 bits per heavy atom. The summed E-state index contributed by atoms with van der Waals surface area (Å²) in [5, 5.41) is 8.75. The third kappa shape index (κ3) is 3.26. The highest BCUT2D eigenvalue weighted by Crippen LogP contribution is 2.18. The number of hydrogen-bond donors (Lipinski definition) is 1. The Hall–Kier alpha value is -1.51. The minimum atomic E-state index is -0.914. The molecule has 0 aliphatic heterocycles. The largest absolute Gasteiger partial charge is 0.490 e. The first-order valence-corrected chi connectivity index (χ1v) is 5.54. The van der Waals surface area contributed by atoms with Crippen LogP contribution in [0.1, 0.15) is 37.6 Å². The van der Waals surface area contributed by atoms with E-state index in [0.717, 1.165) is 12.2 Å². The van der Waals surface area contributed by atoms with E-state index in [1.165, 1.54) is 0 Å². The lowest BCUT2D eigenvalue weighted by Gasteiger charge is -2.21. The molecule has 0 saturated heterocycles. The number of ether oxygens (including phenoxy) is 1. The van der Waals surface area contributed by atoms with Crippen LogP contribution in [0.25, 0.3) is 0 Å². The molecule has 1 aromatic carbocycles. The minimum absolute atomic E-state index is 0.177. The topological polar surface area (TPSA) is 46.5 Å². The quantitative estimate of drug-likeness (QED) is 0.832. The van der Waals surface area contributed by atoms with Crippen LogP contribution in [0.15, 0.2) is 24.3 Å². The molecule has 0 saturated carbocycles. The summed E-state index contributed by atoms with van der Waals surface area (Å²) in [4.78, 5) is 10.7. The molecule has 1 unspecified atom stereocenters. The number of benzene rings is 1. The van der Waals surface area contributed by atoms with E-state index in [2.05, 4.69) is 20.8 Å². The number of carboxylic acid groups (broad SMARTS) is 1. The molecule has 1 rings (SSSR count). The van der Waals surface area contributed by atoms with Crippen LogP contribution >= 0.6 is 0 Å². The molecule has 1 atom stereocenters. The second-order valence-electron chi connectivity index (χ2n) is 4.14. The second kappa shape index (κ2) is 5.54. The van der Waals surface area contributed by atoms with Gasteiger partial charge in [0, 0.05) is 0 Å². The molecule has 16 heavy (non-hydrogen) atoms. The van der Waals surface area contributed by atoms with Crippen LogP contribution in [0.4, 0.5) is 0 Å². The smallest absolute Gasteiger partial charge is 0.335 e. The van der Waals surface area contributed by atoms with E-state index < -0.39 is 5.97 Å². The molecular weight excluding hydrogens is 204 g/mol. The van der Waals surface area contributed by atoms with Crippen LogP contribution in [0.3, 0.4) is 0 Å². The average Bonchev–Trinajstić information content (AvgIpc) is 2.26. The van der Waals surface area contributed by atoms with Gasteiger partial charge in [-0.1, -0.05) is 20.8 Å². The first-order chi connectivity index (χ1) is 7.54. The second-order valence-corrected chi connectivity index (χ2v) is 4.14. The van der Waals surface area contributed by atoms with Crippen LogP contribution in [0.2, 0.25) is 0 Å². The van der Waals surface area contributed by atoms with Crippen LogP contribution in [0, 0.1) is 5.92 Å². The predicted molar refractivity (Wildman–Crippen MR) is 62.9 cm³/mol. The summed E-state index contributed by atoms with van der Waals surface area (Å²) in [6, 6.07) is 6.53. The molecule has 0 fully saturated rings. The number of carbonyl (C=O) groups is 1. The normalized spacial score (nSPS) is 12.5. The Morgan fingerprint density at radius 1 is 1.31 bits per heavy atom. The zero-order chi connectivity index (χ0) is 12.1. The van der Waals surface area contributed by atoms with Gasteiger partial charge < -0.3 is 9.84 Å². The molecule has 3 nitrogen and oxygen atoms in total. The highest BCUT2D eigenvalue weighted by atomic mass is 16.5. The Kier molecular flexibility index (Phi) is 4.35.